The van der Waals surface area contributed by atoms with E-state index in [0.717, 1.165) is 16.6 Å². The molecule has 1 fully saturated rings. The largest absolute Gasteiger partial charge is 0.384 e. The zero-order chi connectivity index (χ0) is 24.1. The number of nitrogens with two attached hydrogens (primary N) is 1. The lowest BCUT2D eigenvalue weighted by molar-refractivity contribution is -0.135. The second-order valence-electron chi connectivity index (χ2n) is 8.23. The topological polar surface area (TPSA) is 111 Å². The Hall–Kier alpha value is -3.20. The molecule has 1 aromatic carbocycles. The van der Waals surface area contributed by atoms with Gasteiger partial charge in [-0.1, -0.05) is 30.3 Å². The summed E-state index contributed by atoms with van der Waals surface area (Å²) in [6, 6.07) is 8.87. The van der Waals surface area contributed by atoms with Crippen LogP contribution in [0.25, 0.3) is 0 Å². The Kier molecular flexibility index (Phi) is 7.86. The molecule has 1 unspecified atom stereocenters. The molecule has 0 saturated carbocycles. The van der Waals surface area contributed by atoms with E-state index in [1.54, 1.807) is 11.8 Å². The Morgan fingerprint density at radius 3 is 2.33 bits per heavy atom. The summed E-state index contributed by atoms with van der Waals surface area (Å²) in [5, 5.41) is 0. The molecular formula is C24H33N5O4. The van der Waals surface area contributed by atoms with Crippen molar-refractivity contribution in [3.05, 3.63) is 62.3 Å². The minimum Gasteiger partial charge on any atom is -0.384 e. The Balaban J connectivity index is 1.95. The lowest BCUT2D eigenvalue weighted by Gasteiger charge is -2.28. The van der Waals surface area contributed by atoms with Crippen molar-refractivity contribution in [2.45, 2.75) is 52.7 Å². The van der Waals surface area contributed by atoms with Crippen molar-refractivity contribution in [2.24, 2.45) is 0 Å². The van der Waals surface area contributed by atoms with Gasteiger partial charge in [0.05, 0.1) is 19.1 Å². The summed E-state index contributed by atoms with van der Waals surface area (Å²) in [6.07, 6.45) is 1.47. The van der Waals surface area contributed by atoms with Crippen LogP contribution in [-0.4, -0.2) is 62.8 Å². The van der Waals surface area contributed by atoms with E-state index in [1.807, 2.05) is 49.1 Å². The molecule has 2 N–H and O–H groups in total. The summed E-state index contributed by atoms with van der Waals surface area (Å²) in [5.41, 5.74) is 5.67. The first-order chi connectivity index (χ1) is 15.8. The second kappa shape index (κ2) is 10.6. The third-order valence-electron chi connectivity index (χ3n) is 6.32. The normalized spacial score (nSPS) is 16.2. The SMILES string of the molecule is CCN(CC)C(=O)C1CCCN1CC(=O)c1c(N)n(Cc2ccccc2)c(=O)n(CC)c1=O. The van der Waals surface area contributed by atoms with Gasteiger partial charge in [0, 0.05) is 19.6 Å². The first-order valence-corrected chi connectivity index (χ1v) is 11.6. The van der Waals surface area contributed by atoms with Crippen molar-refractivity contribution < 1.29 is 9.59 Å². The number of nitrogens with zero attached hydrogens (tertiary/aromatic N) is 4. The van der Waals surface area contributed by atoms with E-state index < -0.39 is 23.1 Å². The minimum absolute atomic E-state index is 0.00158. The highest BCUT2D eigenvalue weighted by Crippen LogP contribution is 2.20. The molecule has 0 aliphatic carbocycles. The van der Waals surface area contributed by atoms with E-state index in [9.17, 15) is 19.2 Å². The van der Waals surface area contributed by atoms with Gasteiger partial charge in [0.2, 0.25) is 5.91 Å². The zero-order valence-corrected chi connectivity index (χ0v) is 19.6. The monoisotopic (exact) mass is 455 g/mol. The summed E-state index contributed by atoms with van der Waals surface area (Å²) in [7, 11) is 0. The third kappa shape index (κ3) is 4.93. The number of carbonyl (C=O) groups excluding carboxylic acids is 2. The maximum atomic E-state index is 13.3. The number of nitrogen functional groups attached to an aromatic ring is 1. The molecule has 9 nitrogen and oxygen atoms in total. The fraction of sp³-hybridized carbons (Fsp3) is 0.500. The fourth-order valence-corrected chi connectivity index (χ4v) is 4.48. The number of Topliss-reactive ketones (excluding diaryl/α,β-unsaturated/α-hetero) is 1. The molecule has 1 saturated heterocycles. The first kappa shape index (κ1) is 24.4. The molecule has 33 heavy (non-hydrogen) atoms. The van der Waals surface area contributed by atoms with Gasteiger partial charge in [-0.3, -0.25) is 28.4 Å². The highest BCUT2D eigenvalue weighted by molar-refractivity contribution is 6.01. The number of aromatic nitrogens is 2. The molecule has 0 radical (unpaired) electrons. The lowest BCUT2D eigenvalue weighted by atomic mass is 10.1. The third-order valence-corrected chi connectivity index (χ3v) is 6.32. The molecule has 1 amide bonds. The van der Waals surface area contributed by atoms with Crippen LogP contribution in [0.5, 0.6) is 0 Å². The smallest absolute Gasteiger partial charge is 0.332 e. The van der Waals surface area contributed by atoms with E-state index in [2.05, 4.69) is 0 Å². The maximum Gasteiger partial charge on any atom is 0.332 e. The predicted molar refractivity (Wildman–Crippen MR) is 127 cm³/mol. The number of carbonyl (C=O) groups is 2. The molecule has 1 aliphatic heterocycles. The van der Waals surface area contributed by atoms with Gasteiger partial charge in [-0.15, -0.1) is 0 Å². The number of likely N-dealkylation sites (N-methyl/N-ethyl adjacent to an activating group) is 1. The van der Waals surface area contributed by atoms with Crippen molar-refractivity contribution in [1.82, 2.24) is 18.9 Å². The summed E-state index contributed by atoms with van der Waals surface area (Å²) >= 11 is 0. The summed E-state index contributed by atoms with van der Waals surface area (Å²) in [6.45, 7) is 7.52. The number of likely N-dealkylation sites (tertiary alicyclic amines) is 1. The van der Waals surface area contributed by atoms with Crippen LogP contribution in [0.15, 0.2) is 39.9 Å². The quantitative estimate of drug-likeness (QED) is 0.569. The minimum atomic E-state index is -0.680. The fourth-order valence-electron chi connectivity index (χ4n) is 4.48. The Bertz CT molecular complexity index is 1120. The molecule has 178 valence electrons. The van der Waals surface area contributed by atoms with Gasteiger partial charge in [0.1, 0.15) is 11.4 Å². The predicted octanol–water partition coefficient (Wildman–Crippen LogP) is 1.18. The molecule has 9 heteroatoms. The number of hydrogen-bond donors (Lipinski definition) is 1. The number of amides is 1. The number of ketones is 1. The average molecular weight is 456 g/mol. The van der Waals surface area contributed by atoms with Crippen LogP contribution in [-0.2, 0) is 17.9 Å². The summed E-state index contributed by atoms with van der Waals surface area (Å²) in [5.74, 6) is -0.603. The van der Waals surface area contributed by atoms with Gasteiger partial charge >= 0.3 is 5.69 Å². The Morgan fingerprint density at radius 2 is 1.73 bits per heavy atom. The number of hydrogen-bond acceptors (Lipinski definition) is 6. The van der Waals surface area contributed by atoms with Crippen molar-refractivity contribution in [1.29, 1.82) is 0 Å². The van der Waals surface area contributed by atoms with Crippen LogP contribution in [0.1, 0.15) is 49.5 Å². The second-order valence-corrected chi connectivity index (χ2v) is 8.23. The Labute approximate surface area is 193 Å². The van der Waals surface area contributed by atoms with Crippen LogP contribution in [0.3, 0.4) is 0 Å². The summed E-state index contributed by atoms with van der Waals surface area (Å²) in [4.78, 5) is 55.8. The van der Waals surface area contributed by atoms with Crippen molar-refractivity contribution >= 4 is 17.5 Å². The van der Waals surface area contributed by atoms with Gasteiger partial charge in [-0.05, 0) is 45.7 Å². The molecule has 0 bridgehead atoms. The highest BCUT2D eigenvalue weighted by Gasteiger charge is 2.35. The van der Waals surface area contributed by atoms with Crippen LogP contribution >= 0.6 is 0 Å². The first-order valence-electron chi connectivity index (χ1n) is 11.6. The van der Waals surface area contributed by atoms with Crippen molar-refractivity contribution in [3.63, 3.8) is 0 Å². The maximum absolute atomic E-state index is 13.3. The average Bonchev–Trinajstić information content (AvgIpc) is 3.26. The molecule has 1 aromatic heterocycles. The van der Waals surface area contributed by atoms with Gasteiger partial charge in [-0.25, -0.2) is 4.79 Å². The zero-order valence-electron chi connectivity index (χ0n) is 19.6. The highest BCUT2D eigenvalue weighted by atomic mass is 16.2. The van der Waals surface area contributed by atoms with Gasteiger partial charge in [0.25, 0.3) is 5.56 Å². The number of anilines is 1. The van der Waals surface area contributed by atoms with E-state index in [4.69, 9.17) is 5.73 Å². The molecule has 2 aromatic rings. The molecule has 2 heterocycles. The van der Waals surface area contributed by atoms with Crippen molar-refractivity contribution in [3.8, 4) is 0 Å². The molecule has 0 spiro atoms. The van der Waals surface area contributed by atoms with Crippen LogP contribution < -0.4 is 17.0 Å². The van der Waals surface area contributed by atoms with E-state index in [1.165, 1.54) is 4.57 Å². The van der Waals surface area contributed by atoms with Crippen LogP contribution in [0.4, 0.5) is 5.82 Å². The van der Waals surface area contributed by atoms with Crippen LogP contribution in [0, 0.1) is 0 Å². The molecular weight excluding hydrogens is 422 g/mol. The summed E-state index contributed by atoms with van der Waals surface area (Å²) < 4.78 is 2.31. The molecule has 3 rings (SSSR count). The number of rotatable bonds is 9. The molecule has 1 atom stereocenters. The van der Waals surface area contributed by atoms with Gasteiger partial charge in [-0.2, -0.15) is 0 Å². The van der Waals surface area contributed by atoms with Crippen LogP contribution in [0.2, 0.25) is 0 Å². The Morgan fingerprint density at radius 1 is 1.06 bits per heavy atom. The standard InChI is InChI=1S/C24H33N5O4/c1-4-26(5-2)22(31)18-13-10-14-27(18)16-19(30)20-21(25)29(15-17-11-8-7-9-12-17)24(33)28(6-3)23(20)32/h7-9,11-12,18H,4-6,10,13-16,25H2,1-3H3. The number of benzene rings is 1. The van der Waals surface area contributed by atoms with E-state index in [0.29, 0.717) is 26.1 Å². The van der Waals surface area contributed by atoms with E-state index in [-0.39, 0.29) is 36.9 Å². The van der Waals surface area contributed by atoms with E-state index >= 15 is 0 Å². The molecule has 1 aliphatic rings. The van der Waals surface area contributed by atoms with Crippen molar-refractivity contribution in [2.75, 3.05) is 31.9 Å². The van der Waals surface area contributed by atoms with Gasteiger partial charge < -0.3 is 10.6 Å². The van der Waals surface area contributed by atoms with Gasteiger partial charge in [0.15, 0.2) is 5.78 Å². The lowest BCUT2D eigenvalue weighted by Crippen LogP contribution is -2.48.